The first-order chi connectivity index (χ1) is 9.93. The molecule has 0 aromatic carbocycles. The van der Waals surface area contributed by atoms with Gasteiger partial charge in [-0.1, -0.05) is 19.8 Å². The molecule has 1 rings (SSSR count). The number of hydrogen-bond acceptors (Lipinski definition) is 4. The van der Waals surface area contributed by atoms with Crippen LogP contribution in [0, 0.1) is 5.92 Å². The minimum Gasteiger partial charge on any atom is -0.481 e. The van der Waals surface area contributed by atoms with Gasteiger partial charge in [-0.2, -0.15) is 0 Å². The Morgan fingerprint density at radius 3 is 2.71 bits per heavy atom. The van der Waals surface area contributed by atoms with Crippen LogP contribution in [0.5, 0.6) is 0 Å². The van der Waals surface area contributed by atoms with Crippen molar-refractivity contribution in [3.8, 4) is 0 Å². The molecule has 6 nitrogen and oxygen atoms in total. The fourth-order valence-corrected chi connectivity index (χ4v) is 3.97. The molecule has 1 heterocycles. The summed E-state index contributed by atoms with van der Waals surface area (Å²) in [6.07, 6.45) is 4.90. The molecular weight excluding hydrogens is 294 g/mol. The van der Waals surface area contributed by atoms with Crippen molar-refractivity contribution < 1.29 is 23.1 Å². The maximum Gasteiger partial charge on any atom is 0.303 e. The Morgan fingerprint density at radius 1 is 1.38 bits per heavy atom. The number of aliphatic carboxylic acids is 1. The predicted molar refractivity (Wildman–Crippen MR) is 80.6 cm³/mol. The predicted octanol–water partition coefficient (Wildman–Crippen LogP) is 1.76. The molecule has 1 aliphatic rings. The average Bonchev–Trinajstić information content (AvgIpc) is 2.87. The third-order valence-corrected chi connectivity index (χ3v) is 5.22. The standard InChI is InChI=1S/C14H27NO5S/c1-2-4-12(6-7-14(16)17)8-9-15-21(18,19)11-13-5-3-10-20-13/h12-13,15H,2-11H2,1H3,(H,16,17). The lowest BCUT2D eigenvalue weighted by molar-refractivity contribution is -0.137. The van der Waals surface area contributed by atoms with Crippen LogP contribution in [0.4, 0.5) is 0 Å². The summed E-state index contributed by atoms with van der Waals surface area (Å²) >= 11 is 0. The summed E-state index contributed by atoms with van der Waals surface area (Å²) in [5, 5.41) is 8.72. The third-order valence-electron chi connectivity index (χ3n) is 3.77. The van der Waals surface area contributed by atoms with E-state index in [2.05, 4.69) is 11.6 Å². The van der Waals surface area contributed by atoms with Crippen LogP contribution in [-0.2, 0) is 19.6 Å². The number of nitrogens with one attached hydrogen (secondary N) is 1. The summed E-state index contributed by atoms with van der Waals surface area (Å²) in [6.45, 7) is 3.07. The minimum atomic E-state index is -3.30. The second-order valence-electron chi connectivity index (χ2n) is 5.69. The van der Waals surface area contributed by atoms with Crippen molar-refractivity contribution in [2.75, 3.05) is 18.9 Å². The number of sulfonamides is 1. The van der Waals surface area contributed by atoms with Gasteiger partial charge in [-0.05, 0) is 31.6 Å². The van der Waals surface area contributed by atoms with Crippen molar-refractivity contribution in [3.63, 3.8) is 0 Å². The Balaban J connectivity index is 2.28. The number of rotatable bonds is 11. The molecule has 0 saturated carbocycles. The lowest BCUT2D eigenvalue weighted by Gasteiger charge is -2.16. The topological polar surface area (TPSA) is 92.7 Å². The van der Waals surface area contributed by atoms with Gasteiger partial charge in [0.1, 0.15) is 0 Å². The monoisotopic (exact) mass is 321 g/mol. The Labute approximate surface area is 127 Å². The van der Waals surface area contributed by atoms with Crippen molar-refractivity contribution in [1.29, 1.82) is 0 Å². The van der Waals surface area contributed by atoms with Gasteiger partial charge in [0.2, 0.25) is 10.0 Å². The fraction of sp³-hybridized carbons (Fsp3) is 0.929. The van der Waals surface area contributed by atoms with E-state index in [1.807, 2.05) is 0 Å². The van der Waals surface area contributed by atoms with E-state index in [0.717, 1.165) is 25.7 Å². The second-order valence-corrected chi connectivity index (χ2v) is 7.54. The Kier molecular flexibility index (Phi) is 8.21. The molecule has 0 aromatic rings. The van der Waals surface area contributed by atoms with Crippen molar-refractivity contribution in [2.45, 2.75) is 58.0 Å². The zero-order valence-corrected chi connectivity index (χ0v) is 13.5. The van der Waals surface area contributed by atoms with Gasteiger partial charge in [0.15, 0.2) is 0 Å². The van der Waals surface area contributed by atoms with Crippen molar-refractivity contribution in [2.24, 2.45) is 5.92 Å². The van der Waals surface area contributed by atoms with E-state index in [0.29, 0.717) is 26.0 Å². The molecule has 1 fully saturated rings. The van der Waals surface area contributed by atoms with Crippen LogP contribution in [0.1, 0.15) is 51.9 Å². The average molecular weight is 321 g/mol. The van der Waals surface area contributed by atoms with Crippen LogP contribution < -0.4 is 4.72 Å². The third kappa shape index (κ3) is 8.38. The molecule has 0 bridgehead atoms. The van der Waals surface area contributed by atoms with Gasteiger partial charge in [0.05, 0.1) is 11.9 Å². The number of carboxylic acids is 1. The van der Waals surface area contributed by atoms with E-state index in [1.165, 1.54) is 0 Å². The first-order valence-corrected chi connectivity index (χ1v) is 9.39. The molecule has 1 aliphatic heterocycles. The highest BCUT2D eigenvalue weighted by atomic mass is 32.2. The lowest BCUT2D eigenvalue weighted by Crippen LogP contribution is -2.33. The first kappa shape index (κ1) is 18.4. The molecular formula is C14H27NO5S. The van der Waals surface area contributed by atoms with Crippen molar-refractivity contribution in [1.82, 2.24) is 4.72 Å². The Hall–Kier alpha value is -0.660. The SMILES string of the molecule is CCCC(CCNS(=O)(=O)CC1CCCO1)CCC(=O)O. The van der Waals surface area contributed by atoms with Crippen LogP contribution in [0.3, 0.4) is 0 Å². The zero-order valence-electron chi connectivity index (χ0n) is 12.7. The molecule has 0 amide bonds. The maximum atomic E-state index is 11.9. The quantitative estimate of drug-likeness (QED) is 0.605. The molecule has 2 N–H and O–H groups in total. The molecule has 2 atom stereocenters. The maximum absolute atomic E-state index is 11.9. The molecule has 0 radical (unpaired) electrons. The van der Waals surface area contributed by atoms with E-state index in [9.17, 15) is 13.2 Å². The van der Waals surface area contributed by atoms with E-state index in [-0.39, 0.29) is 24.2 Å². The molecule has 0 aromatic heterocycles. The summed E-state index contributed by atoms with van der Waals surface area (Å²) in [5.74, 6) is -0.507. The highest BCUT2D eigenvalue weighted by Gasteiger charge is 2.23. The number of hydrogen-bond donors (Lipinski definition) is 2. The molecule has 124 valence electrons. The van der Waals surface area contributed by atoms with Crippen molar-refractivity contribution in [3.05, 3.63) is 0 Å². The molecule has 1 saturated heterocycles. The van der Waals surface area contributed by atoms with E-state index < -0.39 is 16.0 Å². The lowest BCUT2D eigenvalue weighted by atomic mass is 9.95. The summed E-state index contributed by atoms with van der Waals surface area (Å²) in [7, 11) is -3.30. The molecule has 0 spiro atoms. The first-order valence-electron chi connectivity index (χ1n) is 7.73. The van der Waals surface area contributed by atoms with Crippen LogP contribution >= 0.6 is 0 Å². The van der Waals surface area contributed by atoms with Crippen molar-refractivity contribution >= 4 is 16.0 Å². The number of carbonyl (C=O) groups is 1. The molecule has 2 unspecified atom stereocenters. The molecule has 0 aliphatic carbocycles. The van der Waals surface area contributed by atoms with E-state index in [1.54, 1.807) is 0 Å². The van der Waals surface area contributed by atoms with Crippen LogP contribution in [0.25, 0.3) is 0 Å². The second kappa shape index (κ2) is 9.38. The van der Waals surface area contributed by atoms with E-state index >= 15 is 0 Å². The summed E-state index contributed by atoms with van der Waals surface area (Å²) in [6, 6.07) is 0. The van der Waals surface area contributed by atoms with Gasteiger partial charge in [0, 0.05) is 19.6 Å². The Morgan fingerprint density at radius 2 is 2.14 bits per heavy atom. The Bertz CT molecular complexity index is 404. The van der Waals surface area contributed by atoms with Gasteiger partial charge < -0.3 is 9.84 Å². The summed E-state index contributed by atoms with van der Waals surface area (Å²) < 4.78 is 31.8. The highest BCUT2D eigenvalue weighted by Crippen LogP contribution is 2.18. The number of ether oxygens (including phenoxy) is 1. The molecule has 7 heteroatoms. The summed E-state index contributed by atoms with van der Waals surface area (Å²) in [5.41, 5.74) is 0. The van der Waals surface area contributed by atoms with Crippen LogP contribution in [0.15, 0.2) is 0 Å². The number of carboxylic acid groups (broad SMARTS) is 1. The van der Waals surface area contributed by atoms with Gasteiger partial charge >= 0.3 is 5.97 Å². The van der Waals surface area contributed by atoms with Gasteiger partial charge in [0.25, 0.3) is 0 Å². The van der Waals surface area contributed by atoms with Gasteiger partial charge in [-0.25, -0.2) is 13.1 Å². The van der Waals surface area contributed by atoms with E-state index in [4.69, 9.17) is 9.84 Å². The van der Waals surface area contributed by atoms with Gasteiger partial charge in [-0.15, -0.1) is 0 Å². The van der Waals surface area contributed by atoms with Gasteiger partial charge in [-0.3, -0.25) is 4.79 Å². The highest BCUT2D eigenvalue weighted by molar-refractivity contribution is 7.89. The summed E-state index contributed by atoms with van der Waals surface area (Å²) in [4.78, 5) is 10.6. The minimum absolute atomic E-state index is 0.0283. The van der Waals surface area contributed by atoms with Crippen LogP contribution in [-0.4, -0.2) is 44.5 Å². The smallest absolute Gasteiger partial charge is 0.303 e. The zero-order chi connectivity index (χ0) is 15.7. The fourth-order valence-electron chi connectivity index (χ4n) is 2.67. The normalized spacial score (nSPS) is 20.5. The largest absolute Gasteiger partial charge is 0.481 e. The molecule has 21 heavy (non-hydrogen) atoms. The van der Waals surface area contributed by atoms with Crippen LogP contribution in [0.2, 0.25) is 0 Å².